The number of benzene rings is 1. The van der Waals surface area contributed by atoms with Crippen molar-refractivity contribution in [1.82, 2.24) is 0 Å². The SMILES string of the molecule is CCC1CN=C(Nc2cccc(F)c2)S1. The van der Waals surface area contributed by atoms with Crippen LogP contribution in [0.1, 0.15) is 13.3 Å². The van der Waals surface area contributed by atoms with Gasteiger partial charge >= 0.3 is 0 Å². The first-order valence-electron chi connectivity index (χ1n) is 5.01. The monoisotopic (exact) mass is 224 g/mol. The van der Waals surface area contributed by atoms with Crippen molar-refractivity contribution in [3.8, 4) is 0 Å². The molecule has 1 heterocycles. The first kappa shape index (κ1) is 10.5. The van der Waals surface area contributed by atoms with E-state index in [2.05, 4.69) is 17.2 Å². The number of anilines is 1. The minimum absolute atomic E-state index is 0.226. The average Bonchev–Trinajstić information content (AvgIpc) is 2.65. The van der Waals surface area contributed by atoms with Crippen molar-refractivity contribution in [2.24, 2.45) is 4.99 Å². The lowest BCUT2D eigenvalue weighted by molar-refractivity contribution is 0.628. The highest BCUT2D eigenvalue weighted by molar-refractivity contribution is 8.15. The van der Waals surface area contributed by atoms with Gasteiger partial charge in [-0.2, -0.15) is 0 Å². The molecule has 2 rings (SSSR count). The number of aliphatic imine (C=N–C) groups is 1. The Hall–Kier alpha value is -1.03. The third kappa shape index (κ3) is 2.72. The summed E-state index contributed by atoms with van der Waals surface area (Å²) in [5.41, 5.74) is 0.762. The molecule has 4 heteroatoms. The van der Waals surface area contributed by atoms with E-state index in [1.807, 2.05) is 6.07 Å². The Morgan fingerprint density at radius 3 is 3.13 bits per heavy atom. The summed E-state index contributed by atoms with van der Waals surface area (Å²) in [5.74, 6) is -0.226. The fourth-order valence-corrected chi connectivity index (χ4v) is 2.35. The molecule has 15 heavy (non-hydrogen) atoms. The van der Waals surface area contributed by atoms with E-state index in [0.717, 1.165) is 23.8 Å². The molecule has 1 aromatic rings. The minimum atomic E-state index is -0.226. The zero-order chi connectivity index (χ0) is 10.7. The first-order chi connectivity index (χ1) is 7.28. The first-order valence-corrected chi connectivity index (χ1v) is 5.89. The van der Waals surface area contributed by atoms with Crippen LogP contribution in [-0.4, -0.2) is 17.0 Å². The number of halogens is 1. The topological polar surface area (TPSA) is 24.4 Å². The van der Waals surface area contributed by atoms with Gasteiger partial charge in [-0.15, -0.1) is 0 Å². The van der Waals surface area contributed by atoms with E-state index in [1.165, 1.54) is 12.1 Å². The highest BCUT2D eigenvalue weighted by Crippen LogP contribution is 2.24. The highest BCUT2D eigenvalue weighted by Gasteiger charge is 2.17. The van der Waals surface area contributed by atoms with Crippen molar-refractivity contribution in [3.05, 3.63) is 30.1 Å². The lowest BCUT2D eigenvalue weighted by atomic mass is 10.3. The van der Waals surface area contributed by atoms with Crippen molar-refractivity contribution >= 4 is 22.6 Å². The lowest BCUT2D eigenvalue weighted by Gasteiger charge is -2.06. The van der Waals surface area contributed by atoms with Crippen LogP contribution in [0.15, 0.2) is 29.3 Å². The quantitative estimate of drug-likeness (QED) is 0.834. The fraction of sp³-hybridized carbons (Fsp3) is 0.364. The number of nitrogens with zero attached hydrogens (tertiary/aromatic N) is 1. The Balaban J connectivity index is 1.98. The summed E-state index contributed by atoms with van der Waals surface area (Å²) < 4.78 is 12.9. The summed E-state index contributed by atoms with van der Waals surface area (Å²) in [6.45, 7) is 3.01. The Morgan fingerprint density at radius 1 is 1.60 bits per heavy atom. The van der Waals surface area contributed by atoms with Crippen molar-refractivity contribution in [3.63, 3.8) is 0 Å². The van der Waals surface area contributed by atoms with Gasteiger partial charge in [0.2, 0.25) is 0 Å². The van der Waals surface area contributed by atoms with Crippen molar-refractivity contribution in [2.75, 3.05) is 11.9 Å². The third-order valence-electron chi connectivity index (χ3n) is 2.25. The van der Waals surface area contributed by atoms with Gasteiger partial charge < -0.3 is 5.32 Å². The van der Waals surface area contributed by atoms with Crippen molar-refractivity contribution in [1.29, 1.82) is 0 Å². The summed E-state index contributed by atoms with van der Waals surface area (Å²) in [6.07, 6.45) is 1.11. The Bertz CT molecular complexity index is 379. The molecule has 1 unspecified atom stereocenters. The second-order valence-electron chi connectivity index (χ2n) is 3.43. The summed E-state index contributed by atoms with van der Waals surface area (Å²) in [6, 6.07) is 6.44. The number of rotatable bonds is 2. The van der Waals surface area contributed by atoms with Crippen LogP contribution in [0.3, 0.4) is 0 Å². The van der Waals surface area contributed by atoms with Gasteiger partial charge in [0, 0.05) is 10.9 Å². The molecule has 0 bridgehead atoms. The molecule has 0 radical (unpaired) electrons. The van der Waals surface area contributed by atoms with Gasteiger partial charge in [0.15, 0.2) is 5.17 Å². The molecule has 0 saturated carbocycles. The van der Waals surface area contributed by atoms with Crippen LogP contribution in [0, 0.1) is 5.82 Å². The normalized spacial score (nSPS) is 20.1. The van der Waals surface area contributed by atoms with Crippen LogP contribution >= 0.6 is 11.8 Å². The van der Waals surface area contributed by atoms with Gasteiger partial charge in [-0.25, -0.2) is 4.39 Å². The molecule has 0 spiro atoms. The van der Waals surface area contributed by atoms with Crippen molar-refractivity contribution in [2.45, 2.75) is 18.6 Å². The van der Waals surface area contributed by atoms with E-state index >= 15 is 0 Å². The summed E-state index contributed by atoms with van der Waals surface area (Å²) in [5, 5.41) is 4.59. The largest absolute Gasteiger partial charge is 0.335 e. The molecule has 1 aromatic carbocycles. The Labute approximate surface area is 93.0 Å². The molecule has 0 saturated heterocycles. The molecular weight excluding hydrogens is 211 g/mol. The lowest BCUT2D eigenvalue weighted by Crippen LogP contribution is -2.06. The number of hydrogen-bond donors (Lipinski definition) is 1. The van der Waals surface area contributed by atoms with Gasteiger partial charge in [0.25, 0.3) is 0 Å². The van der Waals surface area contributed by atoms with Gasteiger partial charge in [0.05, 0.1) is 6.54 Å². The second kappa shape index (κ2) is 4.66. The van der Waals surface area contributed by atoms with E-state index in [9.17, 15) is 4.39 Å². The maximum atomic E-state index is 12.9. The van der Waals surface area contributed by atoms with Gasteiger partial charge in [-0.3, -0.25) is 4.99 Å². The predicted octanol–water partition coefficient (Wildman–Crippen LogP) is 3.12. The zero-order valence-electron chi connectivity index (χ0n) is 8.53. The number of amidine groups is 1. The maximum absolute atomic E-state index is 12.9. The molecule has 1 aliphatic heterocycles. The highest BCUT2D eigenvalue weighted by atomic mass is 32.2. The van der Waals surface area contributed by atoms with Crippen LogP contribution in [0.4, 0.5) is 10.1 Å². The molecule has 1 N–H and O–H groups in total. The molecule has 0 amide bonds. The number of thioether (sulfide) groups is 1. The summed E-state index contributed by atoms with van der Waals surface area (Å²) in [7, 11) is 0. The van der Waals surface area contributed by atoms with Crippen LogP contribution in [-0.2, 0) is 0 Å². The molecular formula is C11H13FN2S. The zero-order valence-corrected chi connectivity index (χ0v) is 9.35. The standard InChI is InChI=1S/C11H13FN2S/c1-2-10-7-13-11(15-10)14-9-5-3-4-8(12)6-9/h3-6,10H,2,7H2,1H3,(H,13,14). The fourth-order valence-electron chi connectivity index (χ4n) is 1.39. The number of nitrogens with one attached hydrogen (secondary N) is 1. The summed E-state index contributed by atoms with van der Waals surface area (Å²) >= 11 is 1.73. The smallest absolute Gasteiger partial charge is 0.161 e. The van der Waals surface area contributed by atoms with Crippen LogP contribution in [0.5, 0.6) is 0 Å². The number of hydrogen-bond acceptors (Lipinski definition) is 3. The van der Waals surface area contributed by atoms with E-state index in [-0.39, 0.29) is 5.82 Å². The molecule has 2 nitrogen and oxygen atoms in total. The molecule has 80 valence electrons. The minimum Gasteiger partial charge on any atom is -0.335 e. The predicted molar refractivity (Wildman–Crippen MR) is 64.0 cm³/mol. The van der Waals surface area contributed by atoms with E-state index in [1.54, 1.807) is 17.8 Å². The Kier molecular flexibility index (Phi) is 3.26. The maximum Gasteiger partial charge on any atom is 0.161 e. The van der Waals surface area contributed by atoms with Crippen LogP contribution in [0.2, 0.25) is 0 Å². The van der Waals surface area contributed by atoms with Gasteiger partial charge in [-0.05, 0) is 24.6 Å². The van der Waals surface area contributed by atoms with Crippen LogP contribution < -0.4 is 5.32 Å². The average molecular weight is 224 g/mol. The van der Waals surface area contributed by atoms with Crippen LogP contribution in [0.25, 0.3) is 0 Å². The third-order valence-corrected chi connectivity index (χ3v) is 3.52. The molecule has 0 aromatic heterocycles. The van der Waals surface area contributed by atoms with E-state index in [0.29, 0.717) is 5.25 Å². The second-order valence-corrected chi connectivity index (χ2v) is 4.72. The van der Waals surface area contributed by atoms with E-state index < -0.39 is 0 Å². The van der Waals surface area contributed by atoms with Gasteiger partial charge in [0.1, 0.15) is 5.82 Å². The van der Waals surface area contributed by atoms with Gasteiger partial charge in [-0.1, -0.05) is 24.8 Å². The molecule has 0 fully saturated rings. The molecule has 0 aliphatic carbocycles. The Morgan fingerprint density at radius 2 is 2.47 bits per heavy atom. The summed E-state index contributed by atoms with van der Waals surface area (Å²) in [4.78, 5) is 4.36. The molecule has 1 atom stereocenters. The molecule has 1 aliphatic rings. The van der Waals surface area contributed by atoms with E-state index in [4.69, 9.17) is 0 Å². The van der Waals surface area contributed by atoms with Crippen molar-refractivity contribution < 1.29 is 4.39 Å².